The number of nitriles is 1. The van der Waals surface area contributed by atoms with Crippen molar-refractivity contribution in [3.05, 3.63) is 272 Å². The lowest BCUT2D eigenvalue weighted by Gasteiger charge is -2.26. The number of benzene rings is 12. The van der Waals surface area contributed by atoms with E-state index in [1.165, 1.54) is 11.3 Å². The predicted molar refractivity (Wildman–Crippen MR) is 339 cm³/mol. The van der Waals surface area contributed by atoms with E-state index in [0.29, 0.717) is 44.9 Å². The first kappa shape index (κ1) is 40.9. The molecule has 0 bridgehead atoms. The van der Waals surface area contributed by atoms with E-state index < -0.39 is 18.1 Å². The van der Waals surface area contributed by atoms with Gasteiger partial charge < -0.3 is 9.13 Å². The molecule has 16 aromatic rings. The summed E-state index contributed by atoms with van der Waals surface area (Å²) >= 11 is 3.23. The van der Waals surface area contributed by atoms with Gasteiger partial charge in [0.25, 0.3) is 0 Å². The van der Waals surface area contributed by atoms with E-state index >= 15 is 0 Å². The van der Waals surface area contributed by atoms with Crippen molar-refractivity contribution in [3.63, 3.8) is 0 Å². The number of nitrogens with zero attached hydrogens (tertiary/aromatic N) is 4. The van der Waals surface area contributed by atoms with Crippen LogP contribution in [0.1, 0.15) is 12.4 Å². The van der Waals surface area contributed by atoms with Crippen molar-refractivity contribution in [3.8, 4) is 73.1 Å². The number of hydrogen-bond donors (Lipinski definition) is 0. The highest BCUT2D eigenvalue weighted by Crippen LogP contribution is 2.55. The monoisotopic (exact) mass is 1060 g/mol. The minimum Gasteiger partial charge on any atom is -0.318 e. The summed E-state index contributed by atoms with van der Waals surface area (Å²) in [6, 6.07) is 77.9. The summed E-state index contributed by atoms with van der Waals surface area (Å²) in [6.07, 6.45) is 0. The topological polar surface area (TPSA) is 38.0 Å². The lowest BCUT2D eigenvalue weighted by molar-refractivity contribution is 1.14. The van der Waals surface area contributed by atoms with Crippen LogP contribution >= 0.6 is 22.7 Å². The van der Waals surface area contributed by atoms with Gasteiger partial charge in [0.15, 0.2) is 0 Å². The van der Waals surface area contributed by atoms with E-state index in [1.807, 2.05) is 78.9 Å². The summed E-state index contributed by atoms with van der Waals surface area (Å²) in [5.41, 5.74) is 12.6. The molecule has 4 nitrogen and oxygen atoms in total. The van der Waals surface area contributed by atoms with Crippen LogP contribution in [-0.2, 0) is 0 Å². The zero-order valence-corrected chi connectivity index (χ0v) is 44.1. The lowest BCUT2D eigenvalue weighted by Crippen LogP contribution is -2.09. The molecule has 4 aromatic heterocycles. The van der Waals surface area contributed by atoms with Crippen LogP contribution in [0.4, 0.5) is 5.69 Å². The first-order valence-electron chi connectivity index (χ1n) is 28.8. The Bertz CT molecular complexity index is 5560. The average molecular weight is 1060 g/mol. The van der Waals surface area contributed by atoms with Crippen molar-refractivity contribution in [1.29, 1.82) is 5.26 Å². The number of para-hydroxylation sites is 2. The first-order chi connectivity index (χ1) is 41.7. The summed E-state index contributed by atoms with van der Waals surface area (Å²) in [5, 5.41) is 20.5. The van der Waals surface area contributed by atoms with Crippen molar-refractivity contribution in [2.45, 2.75) is 0 Å². The molecule has 0 aliphatic carbocycles. The third-order valence-corrected chi connectivity index (χ3v) is 18.3. The molecule has 0 saturated carbocycles. The van der Waals surface area contributed by atoms with Gasteiger partial charge >= 0.3 is 0 Å². The van der Waals surface area contributed by atoms with Crippen molar-refractivity contribution in [1.82, 2.24) is 9.13 Å². The van der Waals surface area contributed by atoms with Crippen molar-refractivity contribution in [2.75, 3.05) is 0 Å². The molecular formula is C74H42N4S2. The van der Waals surface area contributed by atoms with Gasteiger partial charge in [-0.15, -0.1) is 22.7 Å². The quantitative estimate of drug-likeness (QED) is 0.147. The lowest BCUT2D eigenvalue weighted by atomic mass is 9.87. The molecule has 6 heteroatoms. The standard InChI is InChI=1S/C74H42N4S2/c1-76-67-65(50-28-17-26-48(42-50)45-20-5-2-6-21-45)61(44-75)68(66(51-29-18-27-49(43-51)46-22-7-3-8-23-46)71(67)77-62-35-14-11-30-53(62)54-31-12-15-36-63(54)77)78-69-56(38-40-59-55-32-13-16-37-64(55)79-73(59)69)57-39-41-60-58-34-19-33-52(47-24-9-4-10-25-47)72(58)80-74(60)70(57)78/h2-43H/i4D,9D,10D,24D,25D. The van der Waals surface area contributed by atoms with Crippen LogP contribution in [0.2, 0.25) is 0 Å². The fourth-order valence-electron chi connectivity index (χ4n) is 12.5. The highest BCUT2D eigenvalue weighted by atomic mass is 32.1. The summed E-state index contributed by atoms with van der Waals surface area (Å²) in [6.45, 7) is 9.66. The molecule has 0 saturated heterocycles. The summed E-state index contributed by atoms with van der Waals surface area (Å²) in [4.78, 5) is 4.67. The molecule has 0 spiro atoms. The van der Waals surface area contributed by atoms with Crippen LogP contribution in [-0.4, -0.2) is 9.13 Å². The average Bonchev–Trinajstić information content (AvgIpc) is 1.63. The molecule has 4 heterocycles. The van der Waals surface area contributed by atoms with Gasteiger partial charge in [0.1, 0.15) is 6.07 Å². The Balaban J connectivity index is 1.18. The fraction of sp³-hybridized carbons (Fsp3) is 0. The molecule has 80 heavy (non-hydrogen) atoms. The largest absolute Gasteiger partial charge is 0.318 e. The molecule has 0 aliphatic rings. The van der Waals surface area contributed by atoms with E-state index in [-0.39, 0.29) is 17.6 Å². The molecule has 16 rings (SSSR count). The normalized spacial score (nSPS) is 12.6. The first-order valence-corrected chi connectivity index (χ1v) is 28.0. The predicted octanol–water partition coefficient (Wildman–Crippen LogP) is 21.4. The van der Waals surface area contributed by atoms with Crippen molar-refractivity contribution >= 4 is 112 Å². The Morgan fingerprint density at radius 1 is 0.400 bits per heavy atom. The molecule has 0 unspecified atom stereocenters. The van der Waals surface area contributed by atoms with Crippen LogP contribution < -0.4 is 0 Å². The number of rotatable bonds is 7. The summed E-state index contributed by atoms with van der Waals surface area (Å²) in [7, 11) is 0. The smallest absolute Gasteiger partial charge is 0.220 e. The highest BCUT2D eigenvalue weighted by Gasteiger charge is 2.33. The van der Waals surface area contributed by atoms with Gasteiger partial charge in [-0.3, -0.25) is 0 Å². The van der Waals surface area contributed by atoms with E-state index in [0.717, 1.165) is 112 Å². The van der Waals surface area contributed by atoms with E-state index in [4.69, 9.17) is 4.11 Å². The summed E-state index contributed by atoms with van der Waals surface area (Å²) < 4.78 is 52.8. The maximum atomic E-state index is 12.7. The molecule has 370 valence electrons. The highest BCUT2D eigenvalue weighted by molar-refractivity contribution is 7.27. The Labute approximate surface area is 475 Å². The van der Waals surface area contributed by atoms with Gasteiger partial charge in [-0.25, -0.2) is 4.85 Å². The van der Waals surface area contributed by atoms with Crippen molar-refractivity contribution in [2.24, 2.45) is 0 Å². The van der Waals surface area contributed by atoms with E-state index in [1.54, 1.807) is 11.3 Å². The molecular weight excluding hydrogens is 1010 g/mol. The van der Waals surface area contributed by atoms with Crippen LogP contribution in [0, 0.1) is 17.9 Å². The minimum absolute atomic E-state index is 0.132. The molecule has 0 N–H and O–H groups in total. The number of aromatic nitrogens is 2. The second-order valence-corrected chi connectivity index (χ2v) is 22.1. The van der Waals surface area contributed by atoms with Crippen LogP contribution in [0.15, 0.2) is 255 Å². The van der Waals surface area contributed by atoms with Crippen LogP contribution in [0.3, 0.4) is 0 Å². The molecule has 0 radical (unpaired) electrons. The maximum absolute atomic E-state index is 12.7. The zero-order valence-electron chi connectivity index (χ0n) is 47.5. The Morgan fingerprint density at radius 3 is 1.51 bits per heavy atom. The minimum atomic E-state index is -0.449. The van der Waals surface area contributed by atoms with Gasteiger partial charge in [-0.2, -0.15) is 5.26 Å². The van der Waals surface area contributed by atoms with E-state index in [2.05, 4.69) is 166 Å². The molecule has 0 aliphatic heterocycles. The Morgan fingerprint density at radius 2 is 0.887 bits per heavy atom. The fourth-order valence-corrected chi connectivity index (χ4v) is 15.1. The van der Waals surface area contributed by atoms with Crippen LogP contribution in [0.25, 0.3) is 156 Å². The molecule has 0 fully saturated rings. The van der Waals surface area contributed by atoms with Gasteiger partial charge in [-0.05, 0) is 74.8 Å². The molecule has 12 aromatic carbocycles. The number of thiophene rings is 2. The summed E-state index contributed by atoms with van der Waals surface area (Å²) in [5.74, 6) is 0. The SMILES string of the molecule is [2H]c1c([2H])c([2H])c(-c2cccc3c2sc2c3ccc3c4ccc5c6ccccc6sc5c4n(-c4c(C#N)c(-c5cccc(-c6ccccc6)c5)c([N+]#[C-])c(-n5c6ccccc6c6ccccc65)c4-c4cccc(-c5ccccc5)c4)c32)c([2H])c1[2H]. The van der Waals surface area contributed by atoms with Crippen molar-refractivity contribution < 1.29 is 6.85 Å². The van der Waals surface area contributed by atoms with Crippen LogP contribution in [0.5, 0.6) is 0 Å². The maximum Gasteiger partial charge on any atom is 0.220 e. The third kappa shape index (κ3) is 6.77. The number of hydrogen-bond acceptors (Lipinski definition) is 3. The van der Waals surface area contributed by atoms with Gasteiger partial charge in [-0.1, -0.05) is 224 Å². The molecule has 0 amide bonds. The van der Waals surface area contributed by atoms with Gasteiger partial charge in [0, 0.05) is 63.6 Å². The van der Waals surface area contributed by atoms with Gasteiger partial charge in [0.05, 0.1) is 61.8 Å². The zero-order chi connectivity index (χ0) is 57.4. The van der Waals surface area contributed by atoms with E-state index in [9.17, 15) is 14.6 Å². The second-order valence-electron chi connectivity index (χ2n) is 20.1. The number of fused-ring (bicyclic) bond motifs is 14. The molecule has 0 atom stereocenters. The van der Waals surface area contributed by atoms with Gasteiger partial charge in [0.2, 0.25) is 5.69 Å². The second kappa shape index (κ2) is 18.1. The Hall–Kier alpha value is -10.3. The Kier molecular flexibility index (Phi) is 9.26. The third-order valence-electron chi connectivity index (χ3n) is 15.9.